The highest BCUT2D eigenvalue weighted by Gasteiger charge is 2.21. The first-order valence-electron chi connectivity index (χ1n) is 6.98. The van der Waals surface area contributed by atoms with Gasteiger partial charge in [0.15, 0.2) is 0 Å². The molecule has 2 N–H and O–H groups in total. The topological polar surface area (TPSA) is 32.5 Å². The Balaban J connectivity index is 2.00. The van der Waals surface area contributed by atoms with Gasteiger partial charge in [0, 0.05) is 20.1 Å². The van der Waals surface area contributed by atoms with E-state index in [-0.39, 0.29) is 5.82 Å². The molecule has 1 unspecified atom stereocenters. The molecule has 0 bridgehead atoms. The fourth-order valence-corrected chi connectivity index (χ4v) is 2.84. The summed E-state index contributed by atoms with van der Waals surface area (Å²) in [7, 11) is 4.11. The molecule has 1 aromatic rings. The van der Waals surface area contributed by atoms with Crippen molar-refractivity contribution in [2.45, 2.75) is 12.8 Å². The van der Waals surface area contributed by atoms with Crippen LogP contribution in [-0.2, 0) is 6.42 Å². The summed E-state index contributed by atoms with van der Waals surface area (Å²) < 4.78 is 14.1. The van der Waals surface area contributed by atoms with Crippen LogP contribution in [0, 0.1) is 11.7 Å². The van der Waals surface area contributed by atoms with E-state index in [1.165, 1.54) is 6.42 Å². The molecule has 0 aliphatic carbocycles. The Morgan fingerprint density at radius 3 is 2.84 bits per heavy atom. The molecule has 4 heteroatoms. The highest BCUT2D eigenvalue weighted by Crippen LogP contribution is 2.23. The van der Waals surface area contributed by atoms with Gasteiger partial charge in [0.1, 0.15) is 5.82 Å². The molecule has 1 aliphatic heterocycles. The summed E-state index contributed by atoms with van der Waals surface area (Å²) in [6.45, 7) is 3.73. The van der Waals surface area contributed by atoms with Crippen molar-refractivity contribution in [3.63, 3.8) is 0 Å². The normalized spacial score (nSPS) is 19.9. The molecule has 0 amide bonds. The Morgan fingerprint density at radius 2 is 2.26 bits per heavy atom. The monoisotopic (exact) mass is 265 g/mol. The molecule has 106 valence electrons. The number of anilines is 1. The summed E-state index contributed by atoms with van der Waals surface area (Å²) in [5.74, 6) is 0.498. The van der Waals surface area contributed by atoms with Gasteiger partial charge in [-0.3, -0.25) is 0 Å². The van der Waals surface area contributed by atoms with E-state index in [9.17, 15) is 4.39 Å². The Bertz CT molecular complexity index is 422. The van der Waals surface area contributed by atoms with Gasteiger partial charge in [-0.1, -0.05) is 6.07 Å². The Kier molecular flexibility index (Phi) is 4.77. The minimum atomic E-state index is -0.139. The summed E-state index contributed by atoms with van der Waals surface area (Å²) in [6, 6.07) is 5.46. The first-order chi connectivity index (χ1) is 9.10. The third-order valence-corrected chi connectivity index (χ3v) is 3.88. The number of rotatable bonds is 5. The Morgan fingerprint density at radius 1 is 1.47 bits per heavy atom. The van der Waals surface area contributed by atoms with Gasteiger partial charge < -0.3 is 15.5 Å². The van der Waals surface area contributed by atoms with E-state index >= 15 is 0 Å². The molecule has 1 fully saturated rings. The average molecular weight is 265 g/mol. The first kappa shape index (κ1) is 14.3. The minimum absolute atomic E-state index is 0.139. The van der Waals surface area contributed by atoms with Gasteiger partial charge in [0.2, 0.25) is 0 Å². The maximum atomic E-state index is 14.1. The second kappa shape index (κ2) is 6.35. The van der Waals surface area contributed by atoms with E-state index < -0.39 is 0 Å². The standard InChI is InChI=1S/C15H24FN3/c1-18-8-6-13(10-18)11-19(2)15-4-3-12(5-7-17)9-14(15)16/h3-4,9,13H,5-8,10-11,17H2,1-2H3. The van der Waals surface area contributed by atoms with Crippen LogP contribution in [0.5, 0.6) is 0 Å². The fraction of sp³-hybridized carbons (Fsp3) is 0.600. The SMILES string of the molecule is CN1CCC(CN(C)c2ccc(CCN)cc2F)C1. The minimum Gasteiger partial charge on any atom is -0.372 e. The average Bonchev–Trinajstić information content (AvgIpc) is 2.75. The third-order valence-electron chi connectivity index (χ3n) is 3.88. The van der Waals surface area contributed by atoms with Crippen LogP contribution < -0.4 is 10.6 Å². The lowest BCUT2D eigenvalue weighted by molar-refractivity contribution is 0.395. The molecule has 0 radical (unpaired) electrons. The molecule has 2 rings (SSSR count). The van der Waals surface area contributed by atoms with Crippen molar-refractivity contribution in [1.29, 1.82) is 0 Å². The van der Waals surface area contributed by atoms with Crippen LogP contribution in [0.25, 0.3) is 0 Å². The van der Waals surface area contributed by atoms with Gasteiger partial charge in [-0.15, -0.1) is 0 Å². The number of nitrogens with two attached hydrogens (primary N) is 1. The van der Waals surface area contributed by atoms with Crippen LogP contribution in [0.3, 0.4) is 0 Å². The van der Waals surface area contributed by atoms with Crippen molar-refractivity contribution < 1.29 is 4.39 Å². The second-order valence-electron chi connectivity index (χ2n) is 5.62. The number of hydrogen-bond donors (Lipinski definition) is 1. The Labute approximate surface area is 115 Å². The van der Waals surface area contributed by atoms with Crippen LogP contribution >= 0.6 is 0 Å². The molecule has 3 nitrogen and oxygen atoms in total. The number of likely N-dealkylation sites (tertiary alicyclic amines) is 1. The van der Waals surface area contributed by atoms with Crippen LogP contribution in [-0.4, -0.2) is 45.2 Å². The predicted octanol–water partition coefficient (Wildman–Crippen LogP) is 1.71. The molecule has 0 spiro atoms. The molecule has 19 heavy (non-hydrogen) atoms. The molecule has 1 aliphatic rings. The van der Waals surface area contributed by atoms with E-state index in [1.54, 1.807) is 6.07 Å². The zero-order valence-electron chi connectivity index (χ0n) is 11.9. The van der Waals surface area contributed by atoms with Crippen molar-refractivity contribution in [2.24, 2.45) is 11.7 Å². The van der Waals surface area contributed by atoms with Crippen molar-refractivity contribution in [1.82, 2.24) is 4.90 Å². The predicted molar refractivity (Wildman–Crippen MR) is 78.0 cm³/mol. The van der Waals surface area contributed by atoms with Gasteiger partial charge in [0.05, 0.1) is 5.69 Å². The Hall–Kier alpha value is -1.13. The maximum Gasteiger partial charge on any atom is 0.146 e. The van der Waals surface area contributed by atoms with Gasteiger partial charge in [-0.25, -0.2) is 4.39 Å². The van der Waals surface area contributed by atoms with Crippen molar-refractivity contribution in [2.75, 3.05) is 45.2 Å². The summed E-state index contributed by atoms with van der Waals surface area (Å²) in [4.78, 5) is 4.37. The number of hydrogen-bond acceptors (Lipinski definition) is 3. The number of halogens is 1. The lowest BCUT2D eigenvalue weighted by Crippen LogP contribution is -2.27. The molecular formula is C15H24FN3. The van der Waals surface area contributed by atoms with Gasteiger partial charge in [0.25, 0.3) is 0 Å². The van der Waals surface area contributed by atoms with E-state index in [4.69, 9.17) is 5.73 Å². The van der Waals surface area contributed by atoms with Crippen molar-refractivity contribution in [3.8, 4) is 0 Å². The van der Waals surface area contributed by atoms with Crippen LogP contribution in [0.2, 0.25) is 0 Å². The summed E-state index contributed by atoms with van der Waals surface area (Å²) >= 11 is 0. The highest BCUT2D eigenvalue weighted by atomic mass is 19.1. The molecule has 1 saturated heterocycles. The van der Waals surface area contributed by atoms with Crippen LogP contribution in [0.1, 0.15) is 12.0 Å². The first-order valence-corrected chi connectivity index (χ1v) is 6.98. The number of benzene rings is 1. The van der Waals surface area contributed by atoms with E-state index in [1.807, 2.05) is 24.1 Å². The highest BCUT2D eigenvalue weighted by molar-refractivity contribution is 5.48. The fourth-order valence-electron chi connectivity index (χ4n) is 2.84. The van der Waals surface area contributed by atoms with Crippen molar-refractivity contribution in [3.05, 3.63) is 29.6 Å². The molecule has 1 heterocycles. The molecule has 1 aromatic carbocycles. The van der Waals surface area contributed by atoms with Gasteiger partial charge in [-0.2, -0.15) is 0 Å². The third kappa shape index (κ3) is 3.67. The lowest BCUT2D eigenvalue weighted by atomic mass is 10.1. The molecule has 1 atom stereocenters. The van der Waals surface area contributed by atoms with Gasteiger partial charge in [-0.05, 0) is 56.6 Å². The van der Waals surface area contributed by atoms with Crippen LogP contribution in [0.15, 0.2) is 18.2 Å². The second-order valence-corrected chi connectivity index (χ2v) is 5.62. The summed E-state index contributed by atoms with van der Waals surface area (Å²) in [6.07, 6.45) is 1.93. The maximum absolute atomic E-state index is 14.1. The van der Waals surface area contributed by atoms with Gasteiger partial charge >= 0.3 is 0 Å². The van der Waals surface area contributed by atoms with E-state index in [2.05, 4.69) is 11.9 Å². The van der Waals surface area contributed by atoms with E-state index in [0.717, 1.165) is 31.6 Å². The van der Waals surface area contributed by atoms with Crippen molar-refractivity contribution >= 4 is 5.69 Å². The molecule has 0 aromatic heterocycles. The quantitative estimate of drug-likeness (QED) is 0.880. The number of nitrogens with zero attached hydrogens (tertiary/aromatic N) is 2. The van der Waals surface area contributed by atoms with E-state index in [0.29, 0.717) is 18.2 Å². The summed E-state index contributed by atoms with van der Waals surface area (Å²) in [5, 5.41) is 0. The summed E-state index contributed by atoms with van der Waals surface area (Å²) in [5.41, 5.74) is 7.15. The zero-order chi connectivity index (χ0) is 13.8. The largest absolute Gasteiger partial charge is 0.372 e. The zero-order valence-corrected chi connectivity index (χ0v) is 11.9. The molecular weight excluding hydrogens is 241 g/mol. The smallest absolute Gasteiger partial charge is 0.146 e. The lowest BCUT2D eigenvalue weighted by Gasteiger charge is -2.24. The van der Waals surface area contributed by atoms with Crippen LogP contribution in [0.4, 0.5) is 10.1 Å². The molecule has 0 saturated carbocycles.